The molecule has 2 aromatic carbocycles. The highest BCUT2D eigenvalue weighted by Gasteiger charge is 2.24. The number of thiophene rings is 1. The molecule has 1 amide bonds. The number of hydrogen-bond acceptors (Lipinski definition) is 7. The molecule has 0 bridgehead atoms. The van der Waals surface area contributed by atoms with Gasteiger partial charge in [-0.15, -0.1) is 11.3 Å². The minimum atomic E-state index is -0.530. The number of carbonyl (C=O) groups excluding carboxylic acids is 2. The number of carbonyl (C=O) groups is 2. The average molecular weight is 508 g/mol. The standard InChI is InChI=1S/C23H19Cl2NO6S/c1-12-19(8-13-3-5-17-18(7-13)32-11-31-17)33-22(21(12)23(28)29-2)26-20(27)10-30-16-6-4-14(24)9-15(16)25/h3-7,9H,8,10-11H2,1-2H3,(H,26,27). The first-order valence-corrected chi connectivity index (χ1v) is 11.4. The highest BCUT2D eigenvalue weighted by atomic mass is 35.5. The molecular weight excluding hydrogens is 489 g/mol. The van der Waals surface area contributed by atoms with Gasteiger partial charge in [-0.3, -0.25) is 4.79 Å². The summed E-state index contributed by atoms with van der Waals surface area (Å²) in [7, 11) is 1.30. The molecule has 2 heterocycles. The SMILES string of the molecule is COC(=O)c1c(NC(=O)COc2ccc(Cl)cc2Cl)sc(Cc2ccc3c(c2)OCO3)c1C. The molecule has 4 rings (SSSR count). The van der Waals surface area contributed by atoms with E-state index in [1.54, 1.807) is 12.1 Å². The minimum Gasteiger partial charge on any atom is -0.482 e. The Morgan fingerprint density at radius 1 is 1.12 bits per heavy atom. The summed E-state index contributed by atoms with van der Waals surface area (Å²) in [6, 6.07) is 10.4. The highest BCUT2D eigenvalue weighted by molar-refractivity contribution is 7.17. The number of anilines is 1. The molecule has 0 atom stereocenters. The molecule has 172 valence electrons. The van der Waals surface area contributed by atoms with E-state index < -0.39 is 11.9 Å². The molecule has 0 aliphatic carbocycles. The second-order valence-corrected chi connectivity index (χ2v) is 9.07. The van der Waals surface area contributed by atoms with E-state index in [0.717, 1.165) is 16.0 Å². The number of nitrogens with one attached hydrogen (secondary N) is 1. The van der Waals surface area contributed by atoms with E-state index >= 15 is 0 Å². The van der Waals surface area contributed by atoms with Crippen molar-refractivity contribution in [3.63, 3.8) is 0 Å². The van der Waals surface area contributed by atoms with Crippen LogP contribution in [0.2, 0.25) is 10.0 Å². The van der Waals surface area contributed by atoms with Crippen LogP contribution in [0, 0.1) is 6.92 Å². The fraction of sp³-hybridized carbons (Fsp3) is 0.217. The predicted molar refractivity (Wildman–Crippen MR) is 126 cm³/mol. The van der Waals surface area contributed by atoms with Crippen LogP contribution in [-0.2, 0) is 16.0 Å². The van der Waals surface area contributed by atoms with Crippen molar-refractivity contribution in [2.24, 2.45) is 0 Å². The normalized spacial score (nSPS) is 11.9. The van der Waals surface area contributed by atoms with Gasteiger partial charge in [0, 0.05) is 16.3 Å². The molecule has 0 fully saturated rings. The van der Waals surface area contributed by atoms with Crippen molar-refractivity contribution >= 4 is 51.4 Å². The second-order valence-electron chi connectivity index (χ2n) is 7.12. The summed E-state index contributed by atoms with van der Waals surface area (Å²) in [6.07, 6.45) is 0.546. The number of benzene rings is 2. The number of hydrogen-bond donors (Lipinski definition) is 1. The molecule has 0 saturated heterocycles. The number of methoxy groups -OCH3 is 1. The van der Waals surface area contributed by atoms with E-state index in [9.17, 15) is 9.59 Å². The number of amides is 1. The lowest BCUT2D eigenvalue weighted by Crippen LogP contribution is -2.21. The van der Waals surface area contributed by atoms with Crippen LogP contribution in [0.5, 0.6) is 17.2 Å². The predicted octanol–water partition coefficient (Wildman–Crippen LogP) is 5.49. The van der Waals surface area contributed by atoms with Crippen LogP contribution < -0.4 is 19.5 Å². The zero-order valence-corrected chi connectivity index (χ0v) is 20.0. The molecule has 0 saturated carbocycles. The molecule has 3 aromatic rings. The first kappa shape index (κ1) is 23.2. The van der Waals surface area contributed by atoms with Crippen LogP contribution in [0.4, 0.5) is 5.00 Å². The van der Waals surface area contributed by atoms with Crippen LogP contribution >= 0.6 is 34.5 Å². The summed E-state index contributed by atoms with van der Waals surface area (Å²) in [5.41, 5.74) is 2.04. The molecule has 1 aliphatic rings. The largest absolute Gasteiger partial charge is 0.482 e. The van der Waals surface area contributed by atoms with Crippen LogP contribution in [0.15, 0.2) is 36.4 Å². The van der Waals surface area contributed by atoms with Crippen molar-refractivity contribution in [1.82, 2.24) is 0 Å². The maximum absolute atomic E-state index is 12.6. The van der Waals surface area contributed by atoms with Gasteiger partial charge in [-0.1, -0.05) is 29.3 Å². The minimum absolute atomic E-state index is 0.197. The smallest absolute Gasteiger partial charge is 0.341 e. The quantitative estimate of drug-likeness (QED) is 0.426. The van der Waals surface area contributed by atoms with Gasteiger partial charge in [0.2, 0.25) is 6.79 Å². The Hall–Kier alpha value is -2.94. The molecule has 10 heteroatoms. The Kier molecular flexibility index (Phi) is 6.97. The Balaban J connectivity index is 1.51. The van der Waals surface area contributed by atoms with Crippen molar-refractivity contribution < 1.29 is 28.5 Å². The summed E-state index contributed by atoms with van der Waals surface area (Å²) in [4.78, 5) is 25.9. The monoisotopic (exact) mass is 507 g/mol. The Morgan fingerprint density at radius 3 is 2.67 bits per heavy atom. The van der Waals surface area contributed by atoms with E-state index in [-0.39, 0.29) is 13.4 Å². The average Bonchev–Trinajstić information content (AvgIpc) is 3.36. The summed E-state index contributed by atoms with van der Waals surface area (Å²) >= 11 is 13.3. The van der Waals surface area contributed by atoms with Gasteiger partial charge in [0.25, 0.3) is 5.91 Å². The molecule has 33 heavy (non-hydrogen) atoms. The zero-order chi connectivity index (χ0) is 23.5. The van der Waals surface area contributed by atoms with Crippen LogP contribution in [0.25, 0.3) is 0 Å². The van der Waals surface area contributed by atoms with Gasteiger partial charge in [-0.05, 0) is 48.4 Å². The Labute approximate surface area is 204 Å². The molecule has 7 nitrogen and oxygen atoms in total. The molecule has 1 aliphatic heterocycles. The molecule has 1 N–H and O–H groups in total. The molecular formula is C23H19Cl2NO6S. The number of fused-ring (bicyclic) bond motifs is 1. The lowest BCUT2D eigenvalue weighted by molar-refractivity contribution is -0.118. The lowest BCUT2D eigenvalue weighted by Gasteiger charge is -2.09. The van der Waals surface area contributed by atoms with Gasteiger partial charge in [0.15, 0.2) is 18.1 Å². The maximum Gasteiger partial charge on any atom is 0.341 e. The lowest BCUT2D eigenvalue weighted by atomic mass is 10.1. The fourth-order valence-electron chi connectivity index (χ4n) is 3.30. The maximum atomic E-state index is 12.6. The molecule has 0 radical (unpaired) electrons. The van der Waals surface area contributed by atoms with Crippen molar-refractivity contribution in [2.45, 2.75) is 13.3 Å². The summed E-state index contributed by atoms with van der Waals surface area (Å²) in [6.45, 7) is 1.73. The van der Waals surface area contributed by atoms with Crippen molar-refractivity contribution in [2.75, 3.05) is 25.8 Å². The molecule has 0 spiro atoms. The fourth-order valence-corrected chi connectivity index (χ4v) is 5.01. The zero-order valence-electron chi connectivity index (χ0n) is 17.7. The van der Waals surface area contributed by atoms with Gasteiger partial charge >= 0.3 is 5.97 Å². The highest BCUT2D eigenvalue weighted by Crippen LogP contribution is 2.37. The molecule has 1 aromatic heterocycles. The van der Waals surface area contributed by atoms with E-state index in [1.165, 1.54) is 24.5 Å². The van der Waals surface area contributed by atoms with Gasteiger partial charge in [0.05, 0.1) is 17.7 Å². The van der Waals surface area contributed by atoms with Gasteiger partial charge in [-0.25, -0.2) is 4.79 Å². The van der Waals surface area contributed by atoms with E-state index in [4.69, 9.17) is 42.1 Å². The van der Waals surface area contributed by atoms with E-state index in [2.05, 4.69) is 5.32 Å². The van der Waals surface area contributed by atoms with E-state index in [0.29, 0.717) is 44.3 Å². The van der Waals surface area contributed by atoms with Gasteiger partial charge < -0.3 is 24.3 Å². The first-order valence-electron chi connectivity index (χ1n) is 9.82. The third-order valence-electron chi connectivity index (χ3n) is 4.94. The number of rotatable bonds is 7. The van der Waals surface area contributed by atoms with Crippen molar-refractivity contribution in [3.05, 3.63) is 68.0 Å². The summed E-state index contributed by atoms with van der Waals surface area (Å²) < 4.78 is 21.2. The molecule has 0 unspecified atom stereocenters. The van der Waals surface area contributed by atoms with Crippen molar-refractivity contribution in [3.8, 4) is 17.2 Å². The number of halogens is 2. The third kappa shape index (κ3) is 5.19. The van der Waals surface area contributed by atoms with Gasteiger partial charge in [-0.2, -0.15) is 0 Å². The third-order valence-corrected chi connectivity index (χ3v) is 6.68. The van der Waals surface area contributed by atoms with Gasteiger partial charge in [0.1, 0.15) is 10.8 Å². The van der Waals surface area contributed by atoms with E-state index in [1.807, 2.05) is 25.1 Å². The summed E-state index contributed by atoms with van der Waals surface area (Å²) in [5, 5.41) is 3.91. The Bertz CT molecular complexity index is 1230. The first-order chi connectivity index (χ1) is 15.9. The summed E-state index contributed by atoms with van der Waals surface area (Å²) in [5.74, 6) is 0.738. The number of esters is 1. The Morgan fingerprint density at radius 2 is 1.91 bits per heavy atom. The van der Waals surface area contributed by atoms with Crippen LogP contribution in [0.3, 0.4) is 0 Å². The van der Waals surface area contributed by atoms with Crippen LogP contribution in [0.1, 0.15) is 26.4 Å². The van der Waals surface area contributed by atoms with Crippen molar-refractivity contribution in [1.29, 1.82) is 0 Å². The van der Waals surface area contributed by atoms with Crippen LogP contribution in [-0.4, -0.2) is 32.4 Å². The topological polar surface area (TPSA) is 83.1 Å². The second kappa shape index (κ2) is 9.91. The number of ether oxygens (including phenoxy) is 4.